The molecule has 0 fully saturated rings. The van der Waals surface area contributed by atoms with Gasteiger partial charge < -0.3 is 18.6 Å². The zero-order chi connectivity index (χ0) is 16.6. The van der Waals surface area contributed by atoms with Crippen molar-refractivity contribution < 1.29 is 13.3 Å². The molecule has 0 aliphatic carbocycles. The molecule has 1 rings (SSSR count). The van der Waals surface area contributed by atoms with E-state index in [4.69, 9.17) is 36.5 Å². The second-order valence-electron chi connectivity index (χ2n) is 4.20. The molecule has 1 N–H and O–H groups in total. The second kappa shape index (κ2) is 9.59. The van der Waals surface area contributed by atoms with E-state index in [-0.39, 0.29) is 22.2 Å². The first-order valence-electron chi connectivity index (χ1n) is 7.26. The second-order valence-corrected chi connectivity index (χ2v) is 7.65. The molecule has 0 aliphatic rings. The van der Waals surface area contributed by atoms with Crippen molar-refractivity contribution in [3.63, 3.8) is 0 Å². The predicted molar refractivity (Wildman–Crippen MR) is 88.2 cm³/mol. The molecule has 0 amide bonds. The summed E-state index contributed by atoms with van der Waals surface area (Å²) >= 11 is 11.6. The normalized spacial score (nSPS) is 13.2. The van der Waals surface area contributed by atoms with Crippen LogP contribution in [0.1, 0.15) is 34.1 Å². The molecule has 22 heavy (non-hydrogen) atoms. The highest BCUT2D eigenvalue weighted by Crippen LogP contribution is 2.21. The standard InChI is InChI=1S/C12H22Cl2N4O3Si/c1-5-9(15-12-17-10(13)16-11(14)18-12)22(19-6-2,20-7-3)21-8-4/h9H,5-8H2,1-4H3,(H,15,16,17,18). The van der Waals surface area contributed by atoms with Gasteiger partial charge in [-0.05, 0) is 50.4 Å². The van der Waals surface area contributed by atoms with Gasteiger partial charge in [0.25, 0.3) is 0 Å². The lowest BCUT2D eigenvalue weighted by Crippen LogP contribution is -2.59. The van der Waals surface area contributed by atoms with Crippen LogP contribution in [0, 0.1) is 0 Å². The summed E-state index contributed by atoms with van der Waals surface area (Å²) in [4.78, 5) is 11.8. The maximum absolute atomic E-state index is 5.89. The predicted octanol–water partition coefficient (Wildman–Crippen LogP) is 2.96. The Kier molecular flexibility index (Phi) is 8.51. The summed E-state index contributed by atoms with van der Waals surface area (Å²) in [7, 11) is -2.94. The minimum Gasteiger partial charge on any atom is -0.373 e. The van der Waals surface area contributed by atoms with Crippen molar-refractivity contribution >= 4 is 38.0 Å². The Bertz CT molecular complexity index is 433. The first-order valence-corrected chi connectivity index (χ1v) is 9.82. The molecule has 1 aromatic heterocycles. The number of hydrogen-bond donors (Lipinski definition) is 1. The quantitative estimate of drug-likeness (QED) is 0.635. The van der Waals surface area contributed by atoms with Crippen molar-refractivity contribution in [2.75, 3.05) is 25.1 Å². The van der Waals surface area contributed by atoms with Crippen molar-refractivity contribution in [3.05, 3.63) is 10.6 Å². The lowest BCUT2D eigenvalue weighted by atomic mass is 10.5. The molecule has 0 spiro atoms. The monoisotopic (exact) mass is 368 g/mol. The summed E-state index contributed by atoms with van der Waals surface area (Å²) in [6.07, 6.45) is 0.702. The van der Waals surface area contributed by atoms with E-state index < -0.39 is 8.80 Å². The third kappa shape index (κ3) is 5.29. The molecule has 10 heteroatoms. The average Bonchev–Trinajstić information content (AvgIpc) is 2.44. The number of rotatable bonds is 10. The van der Waals surface area contributed by atoms with E-state index in [0.29, 0.717) is 26.2 Å². The first kappa shape index (κ1) is 19.5. The topological polar surface area (TPSA) is 78.4 Å². The fourth-order valence-electron chi connectivity index (χ4n) is 2.02. The maximum atomic E-state index is 5.89. The molecule has 1 atom stereocenters. The molecule has 0 aromatic carbocycles. The average molecular weight is 369 g/mol. The molecule has 0 saturated heterocycles. The van der Waals surface area contributed by atoms with Gasteiger partial charge in [-0.3, -0.25) is 0 Å². The molecule has 0 saturated carbocycles. The highest BCUT2D eigenvalue weighted by atomic mass is 35.5. The Hall–Kier alpha value is -0.513. The molecule has 0 bridgehead atoms. The molecule has 7 nitrogen and oxygen atoms in total. The van der Waals surface area contributed by atoms with Crippen molar-refractivity contribution in [2.24, 2.45) is 0 Å². The van der Waals surface area contributed by atoms with Gasteiger partial charge in [0.05, 0.1) is 5.67 Å². The van der Waals surface area contributed by atoms with Gasteiger partial charge in [0.1, 0.15) is 0 Å². The van der Waals surface area contributed by atoms with E-state index in [9.17, 15) is 0 Å². The number of aromatic nitrogens is 3. The molecule has 1 aromatic rings. The van der Waals surface area contributed by atoms with Crippen molar-refractivity contribution in [3.8, 4) is 0 Å². The fraction of sp³-hybridized carbons (Fsp3) is 0.750. The minimum atomic E-state index is -2.94. The van der Waals surface area contributed by atoms with Gasteiger partial charge in [0.15, 0.2) is 0 Å². The Morgan fingerprint density at radius 2 is 1.36 bits per heavy atom. The first-order chi connectivity index (χ1) is 10.5. The van der Waals surface area contributed by atoms with Gasteiger partial charge in [-0.2, -0.15) is 15.0 Å². The summed E-state index contributed by atoms with van der Waals surface area (Å²) in [5, 5.41) is 3.21. The van der Waals surface area contributed by atoms with Crippen LogP contribution in [-0.2, 0) is 13.3 Å². The summed E-state index contributed by atoms with van der Waals surface area (Å²) in [5.74, 6) is 0.271. The Labute approximate surface area is 142 Å². The van der Waals surface area contributed by atoms with Crippen LogP contribution in [0.15, 0.2) is 0 Å². The van der Waals surface area contributed by atoms with E-state index >= 15 is 0 Å². The van der Waals surface area contributed by atoms with Crippen LogP contribution in [0.4, 0.5) is 5.95 Å². The maximum Gasteiger partial charge on any atom is 0.524 e. The molecule has 126 valence electrons. The minimum absolute atomic E-state index is 0.0221. The SMILES string of the molecule is CCO[Si](OCC)(OCC)C(CC)Nc1nc(Cl)nc(Cl)n1. The van der Waals surface area contributed by atoms with Crippen LogP contribution < -0.4 is 5.32 Å². The van der Waals surface area contributed by atoms with Gasteiger partial charge in [0, 0.05) is 19.8 Å². The van der Waals surface area contributed by atoms with Crippen molar-refractivity contribution in [1.82, 2.24) is 15.0 Å². The third-order valence-electron chi connectivity index (χ3n) is 2.76. The fourth-order valence-corrected chi connectivity index (χ4v) is 5.25. The van der Waals surface area contributed by atoms with Crippen LogP contribution in [0.2, 0.25) is 10.6 Å². The lowest BCUT2D eigenvalue weighted by Gasteiger charge is -2.35. The molecular weight excluding hydrogens is 347 g/mol. The van der Waals surface area contributed by atoms with E-state index in [1.54, 1.807) is 0 Å². The highest BCUT2D eigenvalue weighted by molar-refractivity contribution is 6.63. The van der Waals surface area contributed by atoms with E-state index in [1.165, 1.54) is 0 Å². The van der Waals surface area contributed by atoms with Crippen LogP contribution >= 0.6 is 23.2 Å². The van der Waals surface area contributed by atoms with E-state index in [1.807, 2.05) is 27.7 Å². The Morgan fingerprint density at radius 3 is 1.73 bits per heavy atom. The molecule has 1 unspecified atom stereocenters. The van der Waals surface area contributed by atoms with Crippen LogP contribution in [0.3, 0.4) is 0 Å². The molecule has 0 aliphatic heterocycles. The van der Waals surface area contributed by atoms with Gasteiger partial charge in [0.2, 0.25) is 16.5 Å². The highest BCUT2D eigenvalue weighted by Gasteiger charge is 2.49. The smallest absolute Gasteiger partial charge is 0.373 e. The molecule has 0 radical (unpaired) electrons. The number of hydrogen-bond acceptors (Lipinski definition) is 7. The number of nitrogens with zero attached hydrogens (tertiary/aromatic N) is 3. The van der Waals surface area contributed by atoms with Gasteiger partial charge >= 0.3 is 8.80 Å². The Morgan fingerprint density at radius 1 is 0.909 bits per heavy atom. The Balaban J connectivity index is 3.06. The lowest BCUT2D eigenvalue weighted by molar-refractivity contribution is 0.0638. The van der Waals surface area contributed by atoms with Gasteiger partial charge in [-0.25, -0.2) is 0 Å². The zero-order valence-electron chi connectivity index (χ0n) is 13.2. The number of anilines is 1. The third-order valence-corrected chi connectivity index (χ3v) is 6.57. The van der Waals surface area contributed by atoms with Gasteiger partial charge in [-0.1, -0.05) is 6.92 Å². The van der Waals surface area contributed by atoms with E-state index in [2.05, 4.69) is 20.3 Å². The van der Waals surface area contributed by atoms with Crippen molar-refractivity contribution in [2.45, 2.75) is 39.8 Å². The van der Waals surface area contributed by atoms with Gasteiger partial charge in [-0.15, -0.1) is 0 Å². The van der Waals surface area contributed by atoms with Crippen LogP contribution in [-0.4, -0.2) is 49.2 Å². The van der Waals surface area contributed by atoms with Crippen molar-refractivity contribution in [1.29, 1.82) is 0 Å². The summed E-state index contributed by atoms with van der Waals surface area (Å²) in [6.45, 7) is 9.19. The summed E-state index contributed by atoms with van der Waals surface area (Å²) in [6, 6.07) is 0. The zero-order valence-corrected chi connectivity index (χ0v) is 15.7. The largest absolute Gasteiger partial charge is 0.524 e. The van der Waals surface area contributed by atoms with Crippen LogP contribution in [0.5, 0.6) is 0 Å². The molecular formula is C12H22Cl2N4O3Si. The summed E-state index contributed by atoms with van der Waals surface area (Å²) in [5.41, 5.74) is -0.220. The summed E-state index contributed by atoms with van der Waals surface area (Å²) < 4.78 is 17.7. The number of halogens is 2. The molecule has 1 heterocycles. The van der Waals surface area contributed by atoms with E-state index in [0.717, 1.165) is 0 Å². The van der Waals surface area contributed by atoms with Crippen LogP contribution in [0.25, 0.3) is 0 Å². The number of nitrogens with one attached hydrogen (secondary N) is 1.